The third-order valence-corrected chi connectivity index (χ3v) is 4.52. The average molecular weight is 256 g/mol. The molecule has 0 saturated heterocycles. The lowest BCUT2D eigenvalue weighted by atomic mass is 9.88. The maximum atomic E-state index is 5.62. The van der Waals surface area contributed by atoms with E-state index in [-0.39, 0.29) is 0 Å². The zero-order valence-electron chi connectivity index (χ0n) is 10.6. The number of anilines is 1. The van der Waals surface area contributed by atoms with Crippen LogP contribution in [0, 0.1) is 11.8 Å². The summed E-state index contributed by atoms with van der Waals surface area (Å²) in [6, 6.07) is 3.61. The van der Waals surface area contributed by atoms with Gasteiger partial charge in [-0.3, -0.25) is 0 Å². The van der Waals surface area contributed by atoms with Gasteiger partial charge in [0.05, 0.1) is 11.9 Å². The van der Waals surface area contributed by atoms with Crippen LogP contribution in [0.15, 0.2) is 22.9 Å². The molecule has 0 radical (unpaired) electrons. The molecule has 2 saturated carbocycles. The van der Waals surface area contributed by atoms with Crippen molar-refractivity contribution in [2.24, 2.45) is 11.8 Å². The summed E-state index contributed by atoms with van der Waals surface area (Å²) in [5.41, 5.74) is 6.95. The molecule has 5 nitrogen and oxygen atoms in total. The Bertz CT molecular complexity index is 592. The van der Waals surface area contributed by atoms with Crippen molar-refractivity contribution in [3.63, 3.8) is 0 Å². The van der Waals surface area contributed by atoms with Crippen LogP contribution in [0.25, 0.3) is 11.6 Å². The zero-order chi connectivity index (χ0) is 12.8. The van der Waals surface area contributed by atoms with Crippen LogP contribution in [0.1, 0.15) is 37.4 Å². The molecular weight excluding hydrogens is 240 g/mol. The summed E-state index contributed by atoms with van der Waals surface area (Å²) < 4.78 is 5.35. The number of pyridine rings is 1. The number of hydrogen-bond donors (Lipinski definition) is 1. The topological polar surface area (TPSA) is 77.8 Å². The van der Waals surface area contributed by atoms with E-state index in [1.807, 2.05) is 6.07 Å². The van der Waals surface area contributed by atoms with E-state index in [0.717, 1.165) is 17.7 Å². The lowest BCUT2D eigenvalue weighted by Gasteiger charge is -2.17. The molecule has 2 fully saturated rings. The Morgan fingerprint density at radius 2 is 2.16 bits per heavy atom. The number of hydrogen-bond acceptors (Lipinski definition) is 5. The molecule has 19 heavy (non-hydrogen) atoms. The summed E-state index contributed by atoms with van der Waals surface area (Å²) in [6.07, 6.45) is 6.87. The maximum absolute atomic E-state index is 5.62. The molecule has 5 heteroatoms. The largest absolute Gasteiger partial charge is 0.397 e. The molecule has 0 aromatic carbocycles. The molecule has 0 amide bonds. The molecule has 2 aromatic heterocycles. The van der Waals surface area contributed by atoms with Gasteiger partial charge in [-0.25, -0.2) is 4.98 Å². The third kappa shape index (κ3) is 1.80. The number of nitrogen functional groups attached to an aromatic ring is 1. The van der Waals surface area contributed by atoms with Gasteiger partial charge in [0.25, 0.3) is 5.89 Å². The Labute approximate surface area is 111 Å². The van der Waals surface area contributed by atoms with Crippen molar-refractivity contribution in [1.29, 1.82) is 0 Å². The number of rotatable bonds is 2. The molecule has 4 rings (SSSR count). The lowest BCUT2D eigenvalue weighted by molar-refractivity contribution is 0.372. The van der Waals surface area contributed by atoms with E-state index in [2.05, 4.69) is 15.1 Å². The van der Waals surface area contributed by atoms with Crippen LogP contribution in [-0.2, 0) is 0 Å². The maximum Gasteiger partial charge on any atom is 0.276 e. The van der Waals surface area contributed by atoms with Gasteiger partial charge in [-0.15, -0.1) is 0 Å². The van der Waals surface area contributed by atoms with Crippen molar-refractivity contribution in [2.75, 3.05) is 5.73 Å². The molecule has 0 aliphatic heterocycles. The minimum Gasteiger partial charge on any atom is -0.397 e. The van der Waals surface area contributed by atoms with Crippen molar-refractivity contribution in [3.8, 4) is 11.6 Å². The summed E-state index contributed by atoms with van der Waals surface area (Å²) in [5.74, 6) is 3.49. The van der Waals surface area contributed by atoms with E-state index in [4.69, 9.17) is 10.3 Å². The predicted molar refractivity (Wildman–Crippen MR) is 70.1 cm³/mol. The van der Waals surface area contributed by atoms with Crippen LogP contribution < -0.4 is 5.73 Å². The van der Waals surface area contributed by atoms with E-state index in [1.165, 1.54) is 25.7 Å². The Morgan fingerprint density at radius 1 is 1.21 bits per heavy atom. The van der Waals surface area contributed by atoms with Gasteiger partial charge in [0.2, 0.25) is 0 Å². The van der Waals surface area contributed by atoms with Crippen molar-refractivity contribution in [1.82, 2.24) is 15.1 Å². The second-order valence-corrected chi connectivity index (χ2v) is 5.72. The Hall–Kier alpha value is -1.91. The standard InChI is InChI=1S/C14H16N4O/c15-10-3-4-12(16-7-10)14-17-13(18-19-14)11-6-8-1-2-9(11)5-8/h3-4,7-9,11H,1-2,5-6,15H2. The van der Waals surface area contributed by atoms with Crippen LogP contribution >= 0.6 is 0 Å². The Kier molecular flexibility index (Phi) is 2.33. The highest BCUT2D eigenvalue weighted by Gasteiger charge is 2.42. The minimum absolute atomic E-state index is 0.491. The quantitative estimate of drug-likeness (QED) is 0.893. The van der Waals surface area contributed by atoms with Crippen molar-refractivity contribution in [3.05, 3.63) is 24.2 Å². The molecule has 3 atom stereocenters. The first-order chi connectivity index (χ1) is 9.29. The van der Waals surface area contributed by atoms with Crippen LogP contribution in [-0.4, -0.2) is 15.1 Å². The molecule has 0 spiro atoms. The second-order valence-electron chi connectivity index (χ2n) is 5.72. The summed E-state index contributed by atoms with van der Waals surface area (Å²) in [5, 5.41) is 4.16. The summed E-state index contributed by atoms with van der Waals surface area (Å²) in [7, 11) is 0. The molecular formula is C14H16N4O. The van der Waals surface area contributed by atoms with Crippen LogP contribution in [0.4, 0.5) is 5.69 Å². The zero-order valence-corrected chi connectivity index (χ0v) is 10.6. The lowest BCUT2D eigenvalue weighted by Crippen LogP contribution is -2.09. The van der Waals surface area contributed by atoms with Crippen molar-refractivity contribution < 1.29 is 4.52 Å². The number of aromatic nitrogens is 3. The highest BCUT2D eigenvalue weighted by molar-refractivity contribution is 5.50. The highest BCUT2D eigenvalue weighted by Crippen LogP contribution is 2.52. The van der Waals surface area contributed by atoms with Gasteiger partial charge in [0, 0.05) is 5.92 Å². The van der Waals surface area contributed by atoms with Gasteiger partial charge >= 0.3 is 0 Å². The molecule has 98 valence electrons. The monoisotopic (exact) mass is 256 g/mol. The molecule has 2 aromatic rings. The normalized spacial score (nSPS) is 28.9. The fraction of sp³-hybridized carbons (Fsp3) is 0.500. The van der Waals surface area contributed by atoms with E-state index in [1.54, 1.807) is 12.3 Å². The van der Waals surface area contributed by atoms with Gasteiger partial charge in [-0.05, 0) is 43.2 Å². The van der Waals surface area contributed by atoms with E-state index < -0.39 is 0 Å². The minimum atomic E-state index is 0.491. The average Bonchev–Trinajstić information content (AvgIpc) is 3.15. The van der Waals surface area contributed by atoms with Crippen LogP contribution in [0.5, 0.6) is 0 Å². The van der Waals surface area contributed by atoms with Crippen LogP contribution in [0.3, 0.4) is 0 Å². The van der Waals surface area contributed by atoms with Crippen molar-refractivity contribution in [2.45, 2.75) is 31.6 Å². The van der Waals surface area contributed by atoms with Crippen LogP contribution in [0.2, 0.25) is 0 Å². The Balaban J connectivity index is 1.61. The SMILES string of the molecule is Nc1ccc(-c2nc(C3CC4CCC3C4)no2)nc1. The fourth-order valence-electron chi connectivity index (χ4n) is 3.58. The van der Waals surface area contributed by atoms with Gasteiger partial charge < -0.3 is 10.3 Å². The number of fused-ring (bicyclic) bond motifs is 2. The van der Waals surface area contributed by atoms with E-state index in [0.29, 0.717) is 23.2 Å². The van der Waals surface area contributed by atoms with E-state index >= 15 is 0 Å². The molecule has 2 aliphatic carbocycles. The molecule has 2 bridgehead atoms. The van der Waals surface area contributed by atoms with Gasteiger partial charge in [0.1, 0.15) is 5.69 Å². The van der Waals surface area contributed by atoms with E-state index in [9.17, 15) is 0 Å². The first kappa shape index (κ1) is 11.0. The molecule has 2 heterocycles. The smallest absolute Gasteiger partial charge is 0.276 e. The molecule has 3 unspecified atom stereocenters. The molecule has 2 aliphatic rings. The predicted octanol–water partition coefficient (Wildman–Crippen LogP) is 2.62. The fourth-order valence-corrected chi connectivity index (χ4v) is 3.58. The third-order valence-electron chi connectivity index (χ3n) is 4.52. The van der Waals surface area contributed by atoms with Gasteiger partial charge in [-0.2, -0.15) is 4.98 Å². The Morgan fingerprint density at radius 3 is 2.84 bits per heavy atom. The number of nitrogens with zero attached hydrogens (tertiary/aromatic N) is 3. The first-order valence-electron chi connectivity index (χ1n) is 6.85. The highest BCUT2D eigenvalue weighted by atomic mass is 16.5. The summed E-state index contributed by atoms with van der Waals surface area (Å²) in [6.45, 7) is 0. The van der Waals surface area contributed by atoms with Gasteiger partial charge in [-0.1, -0.05) is 11.6 Å². The number of nitrogens with two attached hydrogens (primary N) is 1. The van der Waals surface area contributed by atoms with Crippen molar-refractivity contribution >= 4 is 5.69 Å². The first-order valence-corrected chi connectivity index (χ1v) is 6.85. The molecule has 2 N–H and O–H groups in total. The second kappa shape index (κ2) is 4.05. The summed E-state index contributed by atoms with van der Waals surface area (Å²) >= 11 is 0. The summed E-state index contributed by atoms with van der Waals surface area (Å²) in [4.78, 5) is 8.75. The van der Waals surface area contributed by atoms with Gasteiger partial charge in [0.15, 0.2) is 5.82 Å².